The smallest absolute Gasteiger partial charge is 0.178 e. The second-order valence-electron chi connectivity index (χ2n) is 9.26. The van der Waals surface area contributed by atoms with Crippen molar-refractivity contribution in [2.75, 3.05) is 5.75 Å². The second-order valence-corrected chi connectivity index (χ2v) is 11.4. The third-order valence-electron chi connectivity index (χ3n) is 6.47. The van der Waals surface area contributed by atoms with Gasteiger partial charge in [0.05, 0.1) is 22.3 Å². The van der Waals surface area contributed by atoms with Gasteiger partial charge in [-0.15, -0.1) is 0 Å². The summed E-state index contributed by atoms with van der Waals surface area (Å²) in [7, 11) is -3.37. The number of ketones is 1. The van der Waals surface area contributed by atoms with E-state index in [0.717, 1.165) is 28.8 Å². The number of allylic oxidation sites excluding steroid dienone is 2. The minimum absolute atomic E-state index is 0.105. The Morgan fingerprint density at radius 2 is 1.97 bits per heavy atom. The molecule has 4 rings (SSSR count). The van der Waals surface area contributed by atoms with E-state index in [1.54, 1.807) is 24.4 Å². The molecule has 0 amide bonds. The fourth-order valence-electron chi connectivity index (χ4n) is 5.23. The lowest BCUT2D eigenvalue weighted by Gasteiger charge is -2.47. The van der Waals surface area contributed by atoms with Crippen LogP contribution in [0.15, 0.2) is 62.4 Å². The molecule has 1 N–H and O–H groups in total. The Morgan fingerprint density at radius 3 is 2.67 bits per heavy atom. The third-order valence-corrected chi connectivity index (χ3v) is 8.39. The fraction of sp³-hybridized carbons (Fsp3) is 0.522. The molecule has 0 bridgehead atoms. The summed E-state index contributed by atoms with van der Waals surface area (Å²) in [4.78, 5) is 13.8. The van der Waals surface area contributed by atoms with Crippen molar-refractivity contribution in [2.45, 2.75) is 69.9 Å². The summed E-state index contributed by atoms with van der Waals surface area (Å²) in [5, 5.41) is 11.9. The lowest BCUT2D eigenvalue weighted by molar-refractivity contribution is -0.119. The van der Waals surface area contributed by atoms with Crippen LogP contribution in [0.25, 0.3) is 0 Å². The molecule has 0 aromatic heterocycles. The zero-order valence-corrected chi connectivity index (χ0v) is 18.8. The Kier molecular flexibility index (Phi) is 5.00. The van der Waals surface area contributed by atoms with Crippen molar-refractivity contribution in [2.24, 2.45) is 15.6 Å². The average molecular weight is 428 g/mol. The van der Waals surface area contributed by atoms with Crippen LogP contribution in [0.3, 0.4) is 0 Å². The van der Waals surface area contributed by atoms with Gasteiger partial charge in [0, 0.05) is 23.3 Å². The molecule has 160 valence electrons. The predicted molar refractivity (Wildman–Crippen MR) is 116 cm³/mol. The molecule has 0 fully saturated rings. The van der Waals surface area contributed by atoms with Gasteiger partial charge >= 0.3 is 0 Å². The lowest BCUT2D eigenvalue weighted by Crippen LogP contribution is -2.51. The molecule has 2 heterocycles. The highest BCUT2D eigenvalue weighted by Crippen LogP contribution is 2.53. The molecule has 7 heteroatoms. The molecule has 1 aromatic carbocycles. The quantitative estimate of drug-likeness (QED) is 0.752. The van der Waals surface area contributed by atoms with Gasteiger partial charge < -0.3 is 5.32 Å². The van der Waals surface area contributed by atoms with Crippen molar-refractivity contribution >= 4 is 15.6 Å². The SMILES string of the molecule is CCCS(=O)(=O)c1cccc(C2(CC)C3=CN=NC3NC3=C2C(=O)CC(C)(C)C3)c1. The molecule has 0 saturated heterocycles. The van der Waals surface area contributed by atoms with E-state index in [4.69, 9.17) is 0 Å². The van der Waals surface area contributed by atoms with Crippen LogP contribution in [0.5, 0.6) is 0 Å². The molecule has 1 aromatic rings. The minimum atomic E-state index is -3.37. The van der Waals surface area contributed by atoms with Crippen molar-refractivity contribution in [1.82, 2.24) is 5.32 Å². The van der Waals surface area contributed by atoms with Gasteiger partial charge in [-0.1, -0.05) is 39.8 Å². The molecule has 2 atom stereocenters. The number of rotatable bonds is 5. The highest BCUT2D eigenvalue weighted by molar-refractivity contribution is 7.91. The summed E-state index contributed by atoms with van der Waals surface area (Å²) < 4.78 is 25.6. The van der Waals surface area contributed by atoms with Gasteiger partial charge in [-0.25, -0.2) is 8.42 Å². The lowest BCUT2D eigenvalue weighted by atomic mass is 9.59. The molecule has 2 aliphatic heterocycles. The number of fused-ring (bicyclic) bond motifs is 1. The number of hydrogen-bond donors (Lipinski definition) is 1. The monoisotopic (exact) mass is 427 g/mol. The zero-order valence-electron chi connectivity index (χ0n) is 18.0. The van der Waals surface area contributed by atoms with Gasteiger partial charge in [0.1, 0.15) is 0 Å². The first-order chi connectivity index (χ1) is 14.1. The molecule has 30 heavy (non-hydrogen) atoms. The van der Waals surface area contributed by atoms with Gasteiger partial charge in [0.2, 0.25) is 0 Å². The Balaban J connectivity index is 1.96. The fourth-order valence-corrected chi connectivity index (χ4v) is 6.60. The second kappa shape index (κ2) is 7.15. The van der Waals surface area contributed by atoms with Crippen LogP contribution in [0.1, 0.15) is 58.9 Å². The summed E-state index contributed by atoms with van der Waals surface area (Å²) in [5.74, 6) is 0.220. The van der Waals surface area contributed by atoms with E-state index in [2.05, 4.69) is 29.4 Å². The molecule has 1 aliphatic carbocycles. The van der Waals surface area contributed by atoms with E-state index < -0.39 is 15.3 Å². The largest absolute Gasteiger partial charge is 0.362 e. The number of hydrogen-bond acceptors (Lipinski definition) is 6. The molecule has 0 spiro atoms. The van der Waals surface area contributed by atoms with E-state index in [1.807, 2.05) is 19.9 Å². The van der Waals surface area contributed by atoms with E-state index in [0.29, 0.717) is 24.2 Å². The van der Waals surface area contributed by atoms with Gasteiger partial charge in [-0.3, -0.25) is 4.79 Å². The topological polar surface area (TPSA) is 88.0 Å². The van der Waals surface area contributed by atoms with Crippen LogP contribution in [-0.2, 0) is 20.0 Å². The molecule has 0 saturated carbocycles. The zero-order chi connectivity index (χ0) is 21.7. The maximum atomic E-state index is 13.5. The van der Waals surface area contributed by atoms with Crippen LogP contribution >= 0.6 is 0 Å². The number of carbonyl (C=O) groups excluding carboxylic acids is 1. The van der Waals surface area contributed by atoms with Crippen molar-refractivity contribution < 1.29 is 13.2 Å². The number of nitrogens with zero attached hydrogens (tertiary/aromatic N) is 2. The van der Waals surface area contributed by atoms with Gasteiger partial charge in [-0.2, -0.15) is 10.2 Å². The summed E-state index contributed by atoms with van der Waals surface area (Å²) in [6.45, 7) is 8.11. The van der Waals surface area contributed by atoms with Crippen molar-refractivity contribution in [1.29, 1.82) is 0 Å². The summed E-state index contributed by atoms with van der Waals surface area (Å²) >= 11 is 0. The Bertz CT molecular complexity index is 1100. The molecule has 2 unspecified atom stereocenters. The first kappa shape index (κ1) is 21.0. The Labute approximate surface area is 178 Å². The molecule has 3 aliphatic rings. The standard InChI is InChI=1S/C23H29N3O3S/c1-5-10-30(28,29)16-9-7-8-15(11-16)23(6-2)17-14-24-26-21(17)25-18-12-22(3,4)13-19(27)20(18)23/h7-9,11,14,21,25H,5-6,10,12-13H2,1-4H3. The highest BCUT2D eigenvalue weighted by atomic mass is 32.2. The number of sulfone groups is 1. The number of benzene rings is 1. The number of Topliss-reactive ketones (excluding diaryl/α,β-unsaturated/α-hetero) is 1. The maximum Gasteiger partial charge on any atom is 0.178 e. The maximum absolute atomic E-state index is 13.5. The van der Waals surface area contributed by atoms with E-state index in [1.165, 1.54) is 0 Å². The number of carbonyl (C=O) groups is 1. The number of azo groups is 1. The summed E-state index contributed by atoms with van der Waals surface area (Å²) in [6, 6.07) is 7.13. The van der Waals surface area contributed by atoms with Crippen LogP contribution < -0.4 is 5.32 Å². The van der Waals surface area contributed by atoms with Gasteiger partial charge in [-0.05, 0) is 42.4 Å². The van der Waals surface area contributed by atoms with E-state index in [9.17, 15) is 13.2 Å². The first-order valence-corrected chi connectivity index (χ1v) is 12.3. The van der Waals surface area contributed by atoms with Crippen molar-refractivity contribution in [3.63, 3.8) is 0 Å². The predicted octanol–water partition coefficient (Wildman–Crippen LogP) is 4.44. The van der Waals surface area contributed by atoms with Gasteiger partial charge in [0.15, 0.2) is 21.8 Å². The molecular weight excluding hydrogens is 398 g/mol. The average Bonchev–Trinajstić information content (AvgIpc) is 3.14. The summed E-state index contributed by atoms with van der Waals surface area (Å²) in [6.07, 6.45) is 3.83. The van der Waals surface area contributed by atoms with Gasteiger partial charge in [0.25, 0.3) is 0 Å². The van der Waals surface area contributed by atoms with E-state index >= 15 is 0 Å². The Morgan fingerprint density at radius 1 is 1.20 bits per heavy atom. The third kappa shape index (κ3) is 3.14. The van der Waals surface area contributed by atoms with Crippen LogP contribution in [-0.4, -0.2) is 26.1 Å². The number of nitrogens with one attached hydrogen (secondary N) is 1. The van der Waals surface area contributed by atoms with Crippen molar-refractivity contribution in [3.8, 4) is 0 Å². The molecule has 0 radical (unpaired) electrons. The molecule has 6 nitrogen and oxygen atoms in total. The molecular formula is C23H29N3O3S. The first-order valence-electron chi connectivity index (χ1n) is 10.6. The highest BCUT2D eigenvalue weighted by Gasteiger charge is 2.53. The van der Waals surface area contributed by atoms with Crippen LogP contribution in [0.4, 0.5) is 0 Å². The van der Waals surface area contributed by atoms with Crippen LogP contribution in [0.2, 0.25) is 0 Å². The van der Waals surface area contributed by atoms with E-state index in [-0.39, 0.29) is 23.1 Å². The van der Waals surface area contributed by atoms with Crippen molar-refractivity contribution in [3.05, 3.63) is 52.9 Å². The normalized spacial score (nSPS) is 27.4. The summed E-state index contributed by atoms with van der Waals surface area (Å²) in [5.41, 5.74) is 2.56. The minimum Gasteiger partial charge on any atom is -0.362 e. The van der Waals surface area contributed by atoms with Crippen LogP contribution in [0, 0.1) is 5.41 Å². The Hall–Kier alpha value is -2.28.